The van der Waals surface area contributed by atoms with Gasteiger partial charge in [0.25, 0.3) is 0 Å². The largest absolute Gasteiger partial charge is 0.356 e. The molecule has 0 aromatic rings. The van der Waals surface area contributed by atoms with Crippen LogP contribution in [0, 0.1) is 5.92 Å². The molecule has 1 unspecified atom stereocenters. The Labute approximate surface area is 98.8 Å². The van der Waals surface area contributed by atoms with Gasteiger partial charge in [0.1, 0.15) is 0 Å². The Hall–Kier alpha value is -0.610. The maximum atomic E-state index is 11.3. The van der Waals surface area contributed by atoms with Gasteiger partial charge < -0.3 is 15.5 Å². The predicted octanol–water partition coefficient (Wildman–Crippen LogP) is 0.444. The van der Waals surface area contributed by atoms with Crippen LogP contribution in [0.4, 0.5) is 0 Å². The molecule has 1 aliphatic heterocycles. The number of nitrogens with one attached hydrogen (secondary N) is 2. The van der Waals surface area contributed by atoms with Gasteiger partial charge in [0.15, 0.2) is 0 Å². The quantitative estimate of drug-likeness (QED) is 0.692. The second kappa shape index (κ2) is 7.63. The molecule has 16 heavy (non-hydrogen) atoms. The first-order valence-electron chi connectivity index (χ1n) is 6.38. The van der Waals surface area contributed by atoms with Gasteiger partial charge in [-0.1, -0.05) is 0 Å². The SMILES string of the molecule is CCNC(=O)CCN(C)CC1CCCNC1. The van der Waals surface area contributed by atoms with Gasteiger partial charge in [-0.3, -0.25) is 4.79 Å². The Morgan fingerprint density at radius 1 is 1.56 bits per heavy atom. The summed E-state index contributed by atoms with van der Waals surface area (Å²) >= 11 is 0. The van der Waals surface area contributed by atoms with Gasteiger partial charge in [0, 0.05) is 26.1 Å². The molecular weight excluding hydrogens is 202 g/mol. The summed E-state index contributed by atoms with van der Waals surface area (Å²) in [5.74, 6) is 0.920. The molecule has 1 rings (SSSR count). The van der Waals surface area contributed by atoms with Gasteiger partial charge >= 0.3 is 0 Å². The van der Waals surface area contributed by atoms with Gasteiger partial charge in [0.2, 0.25) is 5.91 Å². The van der Waals surface area contributed by atoms with Crippen LogP contribution in [-0.2, 0) is 4.79 Å². The first-order chi connectivity index (χ1) is 7.72. The molecule has 0 spiro atoms. The number of piperidine rings is 1. The third kappa shape index (κ3) is 5.47. The molecule has 1 saturated heterocycles. The van der Waals surface area contributed by atoms with Gasteiger partial charge in [0.05, 0.1) is 0 Å². The van der Waals surface area contributed by atoms with Crippen LogP contribution in [0.3, 0.4) is 0 Å². The molecule has 4 heteroatoms. The number of carbonyl (C=O) groups is 1. The first-order valence-corrected chi connectivity index (χ1v) is 6.38. The van der Waals surface area contributed by atoms with E-state index in [-0.39, 0.29) is 5.91 Å². The van der Waals surface area contributed by atoms with Crippen LogP contribution in [0.1, 0.15) is 26.2 Å². The highest BCUT2D eigenvalue weighted by molar-refractivity contribution is 5.75. The van der Waals surface area contributed by atoms with E-state index in [2.05, 4.69) is 22.6 Å². The van der Waals surface area contributed by atoms with Gasteiger partial charge in [-0.05, 0) is 45.8 Å². The standard InChI is InChI=1S/C12H25N3O/c1-3-14-12(16)6-8-15(2)10-11-5-4-7-13-9-11/h11,13H,3-10H2,1-2H3,(H,14,16). The van der Waals surface area contributed by atoms with E-state index in [1.165, 1.54) is 19.4 Å². The van der Waals surface area contributed by atoms with Crippen molar-refractivity contribution < 1.29 is 4.79 Å². The molecule has 1 atom stereocenters. The molecule has 1 heterocycles. The maximum Gasteiger partial charge on any atom is 0.221 e. The van der Waals surface area contributed by atoms with E-state index in [4.69, 9.17) is 0 Å². The van der Waals surface area contributed by atoms with Gasteiger partial charge in [-0.15, -0.1) is 0 Å². The van der Waals surface area contributed by atoms with Crippen molar-refractivity contribution in [2.24, 2.45) is 5.92 Å². The molecule has 2 N–H and O–H groups in total. The fourth-order valence-electron chi connectivity index (χ4n) is 2.19. The Morgan fingerprint density at radius 3 is 3.00 bits per heavy atom. The number of carbonyl (C=O) groups excluding carboxylic acids is 1. The van der Waals surface area contributed by atoms with Crippen LogP contribution in [0.2, 0.25) is 0 Å². The van der Waals surface area contributed by atoms with Crippen LogP contribution in [0.25, 0.3) is 0 Å². The first kappa shape index (κ1) is 13.5. The number of amides is 1. The van der Waals surface area contributed by atoms with Crippen LogP contribution in [0.5, 0.6) is 0 Å². The highest BCUT2D eigenvalue weighted by atomic mass is 16.1. The van der Waals surface area contributed by atoms with Crippen molar-refractivity contribution in [3.63, 3.8) is 0 Å². The van der Waals surface area contributed by atoms with Crippen LogP contribution in [0.15, 0.2) is 0 Å². The minimum atomic E-state index is 0.163. The molecule has 0 aliphatic carbocycles. The third-order valence-corrected chi connectivity index (χ3v) is 3.06. The van der Waals surface area contributed by atoms with E-state index in [0.717, 1.165) is 32.1 Å². The summed E-state index contributed by atoms with van der Waals surface area (Å²) in [6.45, 7) is 6.95. The summed E-state index contributed by atoms with van der Waals surface area (Å²) in [5, 5.41) is 6.25. The van der Waals surface area contributed by atoms with Crippen molar-refractivity contribution in [2.75, 3.05) is 39.8 Å². The van der Waals surface area contributed by atoms with Crippen molar-refractivity contribution >= 4 is 5.91 Å². The molecule has 0 aromatic carbocycles. The Kier molecular flexibility index (Phi) is 6.42. The molecule has 1 fully saturated rings. The second-order valence-corrected chi connectivity index (χ2v) is 4.68. The summed E-state index contributed by atoms with van der Waals surface area (Å²) in [6, 6.07) is 0. The number of hydrogen-bond donors (Lipinski definition) is 2. The fraction of sp³-hybridized carbons (Fsp3) is 0.917. The smallest absolute Gasteiger partial charge is 0.221 e. The topological polar surface area (TPSA) is 44.4 Å². The van der Waals surface area contributed by atoms with E-state index in [0.29, 0.717) is 6.42 Å². The monoisotopic (exact) mass is 227 g/mol. The average molecular weight is 227 g/mol. The molecule has 94 valence electrons. The van der Waals surface area contributed by atoms with Crippen LogP contribution in [-0.4, -0.2) is 50.6 Å². The summed E-state index contributed by atoms with van der Waals surface area (Å²) in [5.41, 5.74) is 0. The van der Waals surface area contributed by atoms with E-state index in [1.54, 1.807) is 0 Å². The summed E-state index contributed by atoms with van der Waals surface area (Å²) < 4.78 is 0. The van der Waals surface area contributed by atoms with E-state index >= 15 is 0 Å². The Morgan fingerprint density at radius 2 is 2.38 bits per heavy atom. The molecule has 1 amide bonds. The summed E-state index contributed by atoms with van der Waals surface area (Å²) in [6.07, 6.45) is 3.22. The molecule has 0 saturated carbocycles. The molecule has 1 aliphatic rings. The lowest BCUT2D eigenvalue weighted by molar-refractivity contribution is -0.121. The zero-order valence-corrected chi connectivity index (χ0v) is 10.6. The lowest BCUT2D eigenvalue weighted by atomic mass is 9.99. The van der Waals surface area contributed by atoms with E-state index < -0.39 is 0 Å². The summed E-state index contributed by atoms with van der Waals surface area (Å²) in [4.78, 5) is 13.6. The van der Waals surface area contributed by atoms with E-state index in [1.807, 2.05) is 6.92 Å². The van der Waals surface area contributed by atoms with Crippen LogP contribution >= 0.6 is 0 Å². The molecular formula is C12H25N3O. The lowest BCUT2D eigenvalue weighted by Crippen LogP contribution is -2.38. The van der Waals surface area contributed by atoms with Crippen LogP contribution < -0.4 is 10.6 Å². The highest BCUT2D eigenvalue weighted by Gasteiger charge is 2.15. The normalized spacial score (nSPS) is 21.1. The summed E-state index contributed by atoms with van der Waals surface area (Å²) in [7, 11) is 2.10. The number of hydrogen-bond acceptors (Lipinski definition) is 3. The highest BCUT2D eigenvalue weighted by Crippen LogP contribution is 2.10. The van der Waals surface area contributed by atoms with Crippen molar-refractivity contribution in [3.8, 4) is 0 Å². The van der Waals surface area contributed by atoms with Crippen molar-refractivity contribution in [2.45, 2.75) is 26.2 Å². The molecule has 0 aromatic heterocycles. The minimum absolute atomic E-state index is 0.163. The Balaban J connectivity index is 2.09. The average Bonchev–Trinajstić information content (AvgIpc) is 2.28. The predicted molar refractivity (Wildman–Crippen MR) is 66.4 cm³/mol. The molecule has 0 radical (unpaired) electrons. The number of nitrogens with zero attached hydrogens (tertiary/aromatic N) is 1. The molecule has 4 nitrogen and oxygen atoms in total. The van der Waals surface area contributed by atoms with Gasteiger partial charge in [-0.25, -0.2) is 0 Å². The number of rotatable bonds is 6. The second-order valence-electron chi connectivity index (χ2n) is 4.68. The Bertz CT molecular complexity index is 202. The maximum absolute atomic E-state index is 11.3. The zero-order valence-electron chi connectivity index (χ0n) is 10.6. The van der Waals surface area contributed by atoms with E-state index in [9.17, 15) is 4.79 Å². The third-order valence-electron chi connectivity index (χ3n) is 3.06. The van der Waals surface area contributed by atoms with Crippen molar-refractivity contribution in [1.29, 1.82) is 0 Å². The fourth-order valence-corrected chi connectivity index (χ4v) is 2.19. The van der Waals surface area contributed by atoms with Gasteiger partial charge in [-0.2, -0.15) is 0 Å². The zero-order chi connectivity index (χ0) is 11.8. The lowest BCUT2D eigenvalue weighted by Gasteiger charge is -2.27. The minimum Gasteiger partial charge on any atom is -0.356 e. The van der Waals surface area contributed by atoms with Crippen molar-refractivity contribution in [3.05, 3.63) is 0 Å². The molecule has 0 bridgehead atoms. The van der Waals surface area contributed by atoms with Crippen molar-refractivity contribution in [1.82, 2.24) is 15.5 Å².